The van der Waals surface area contributed by atoms with Crippen LogP contribution in [-0.4, -0.2) is 39.3 Å². The molecular formula is C22H28F4O5. The van der Waals surface area contributed by atoms with Gasteiger partial charge in [-0.05, 0) is 31.4 Å². The molecule has 0 aromatic heterocycles. The maximum atomic E-state index is 13.9. The van der Waals surface area contributed by atoms with Crippen molar-refractivity contribution in [1.29, 1.82) is 0 Å². The van der Waals surface area contributed by atoms with Crippen LogP contribution in [0.1, 0.15) is 44.5 Å². The number of hydrogen-bond acceptors (Lipinski definition) is 5. The fourth-order valence-corrected chi connectivity index (χ4v) is 3.48. The van der Waals surface area contributed by atoms with Crippen molar-refractivity contribution in [1.82, 2.24) is 0 Å². The highest BCUT2D eigenvalue weighted by atomic mass is 19.3. The minimum absolute atomic E-state index is 0.0659. The fourth-order valence-electron chi connectivity index (χ4n) is 3.48. The zero-order chi connectivity index (χ0) is 22.2. The summed E-state index contributed by atoms with van der Waals surface area (Å²) in [4.78, 5) is 0. The van der Waals surface area contributed by atoms with Crippen LogP contribution in [0.25, 0.3) is 0 Å². The van der Waals surface area contributed by atoms with Crippen LogP contribution in [0.5, 0.6) is 5.75 Å². The van der Waals surface area contributed by atoms with Crippen LogP contribution < -0.4 is 4.74 Å². The summed E-state index contributed by atoms with van der Waals surface area (Å²) in [7, 11) is 0. The summed E-state index contributed by atoms with van der Waals surface area (Å²) < 4.78 is 78.8. The summed E-state index contributed by atoms with van der Waals surface area (Å²) in [5, 5.41) is 0. The Balaban J connectivity index is 1.40. The number of alkyl halides is 2. The van der Waals surface area contributed by atoms with Gasteiger partial charge in [0.25, 0.3) is 0 Å². The van der Waals surface area contributed by atoms with Crippen LogP contribution in [0.4, 0.5) is 17.6 Å². The van der Waals surface area contributed by atoms with Gasteiger partial charge in [0.1, 0.15) is 0 Å². The molecule has 9 heteroatoms. The lowest BCUT2D eigenvalue weighted by molar-refractivity contribution is -0.217. The predicted octanol–water partition coefficient (Wildman–Crippen LogP) is 5.35. The Morgan fingerprint density at radius 1 is 1.00 bits per heavy atom. The minimum Gasteiger partial charge on any atom is -0.429 e. The highest BCUT2D eigenvalue weighted by Gasteiger charge is 2.28. The summed E-state index contributed by atoms with van der Waals surface area (Å²) in [5.41, 5.74) is 0.0659. The van der Waals surface area contributed by atoms with Crippen molar-refractivity contribution < 1.29 is 41.2 Å². The molecule has 1 aromatic rings. The second kappa shape index (κ2) is 11.8. The van der Waals surface area contributed by atoms with E-state index in [1.807, 2.05) is 0 Å². The number of ether oxygens (including phenoxy) is 5. The third-order valence-electron chi connectivity index (χ3n) is 5.13. The second-order valence-corrected chi connectivity index (χ2v) is 7.71. The van der Waals surface area contributed by atoms with E-state index >= 15 is 0 Å². The van der Waals surface area contributed by atoms with E-state index in [1.54, 1.807) is 0 Å². The Morgan fingerprint density at radius 3 is 2.23 bits per heavy atom. The SMILES string of the molecule is CCC/C=C/[C@H]1CO[C@H](CCC2COC(c3cc(F)c(OC(F)F)c(F)c3)OC2)OC1. The maximum Gasteiger partial charge on any atom is 0.387 e. The molecule has 2 aliphatic heterocycles. The van der Waals surface area contributed by atoms with Gasteiger partial charge >= 0.3 is 6.61 Å². The molecule has 2 aliphatic rings. The van der Waals surface area contributed by atoms with Gasteiger partial charge in [-0.1, -0.05) is 25.5 Å². The Kier molecular flexibility index (Phi) is 9.13. The third-order valence-corrected chi connectivity index (χ3v) is 5.13. The first-order valence-corrected chi connectivity index (χ1v) is 10.5. The average Bonchev–Trinajstić information content (AvgIpc) is 2.76. The van der Waals surface area contributed by atoms with Crippen molar-refractivity contribution >= 4 is 0 Å². The van der Waals surface area contributed by atoms with Gasteiger partial charge < -0.3 is 23.7 Å². The van der Waals surface area contributed by atoms with E-state index < -0.39 is 30.3 Å². The number of unbranched alkanes of at least 4 members (excludes halogenated alkanes) is 1. The highest BCUT2D eigenvalue weighted by Crippen LogP contribution is 2.32. The zero-order valence-electron chi connectivity index (χ0n) is 17.4. The van der Waals surface area contributed by atoms with Crippen LogP contribution in [0.15, 0.2) is 24.3 Å². The van der Waals surface area contributed by atoms with Crippen molar-refractivity contribution in [2.24, 2.45) is 11.8 Å². The van der Waals surface area contributed by atoms with E-state index in [0.717, 1.165) is 31.4 Å². The molecule has 0 unspecified atom stereocenters. The number of halogens is 4. The topological polar surface area (TPSA) is 46.2 Å². The third kappa shape index (κ3) is 7.17. The molecule has 2 saturated heterocycles. The van der Waals surface area contributed by atoms with Gasteiger partial charge in [0.2, 0.25) is 0 Å². The van der Waals surface area contributed by atoms with E-state index in [0.29, 0.717) is 32.8 Å². The first-order chi connectivity index (χ1) is 15.0. The number of hydrogen-bond donors (Lipinski definition) is 0. The molecule has 0 aliphatic carbocycles. The van der Waals surface area contributed by atoms with Crippen molar-refractivity contribution in [2.45, 2.75) is 51.8 Å². The van der Waals surface area contributed by atoms with Crippen molar-refractivity contribution in [2.75, 3.05) is 26.4 Å². The van der Waals surface area contributed by atoms with Gasteiger partial charge in [-0.15, -0.1) is 0 Å². The van der Waals surface area contributed by atoms with Gasteiger partial charge in [-0.3, -0.25) is 0 Å². The first-order valence-electron chi connectivity index (χ1n) is 10.5. The van der Waals surface area contributed by atoms with Crippen LogP contribution in [-0.2, 0) is 18.9 Å². The quantitative estimate of drug-likeness (QED) is 0.376. The molecule has 0 bridgehead atoms. The van der Waals surface area contributed by atoms with Gasteiger partial charge in [-0.25, -0.2) is 8.78 Å². The van der Waals surface area contributed by atoms with Gasteiger partial charge in [0.05, 0.1) is 26.4 Å². The standard InChI is InChI=1S/C22H28F4O5/c1-2-3-4-5-14-10-27-19(28-11-14)7-6-15-12-29-21(30-13-15)16-8-17(23)20(18(24)9-16)31-22(25)26/h4-5,8-9,14-15,19,21-22H,2-3,6-7,10-13H2,1H3/b5-4+/t14-,15?,19-,21?. The Labute approximate surface area is 179 Å². The molecule has 0 amide bonds. The molecule has 2 heterocycles. The molecule has 0 radical (unpaired) electrons. The molecule has 5 nitrogen and oxygen atoms in total. The molecule has 31 heavy (non-hydrogen) atoms. The van der Waals surface area contributed by atoms with Crippen molar-refractivity contribution in [3.05, 3.63) is 41.5 Å². The van der Waals surface area contributed by atoms with E-state index in [-0.39, 0.29) is 23.7 Å². The smallest absolute Gasteiger partial charge is 0.387 e. The molecule has 174 valence electrons. The van der Waals surface area contributed by atoms with E-state index in [1.165, 1.54) is 0 Å². The normalized spacial score (nSPS) is 27.2. The first kappa shape index (κ1) is 24.0. The summed E-state index contributed by atoms with van der Waals surface area (Å²) in [6.07, 6.45) is 6.66. The fraction of sp³-hybridized carbons (Fsp3) is 0.636. The monoisotopic (exact) mass is 448 g/mol. The van der Waals surface area contributed by atoms with E-state index in [2.05, 4.69) is 23.8 Å². The van der Waals surface area contributed by atoms with Crippen molar-refractivity contribution in [3.63, 3.8) is 0 Å². The molecule has 0 spiro atoms. The summed E-state index contributed by atoms with van der Waals surface area (Å²) in [6, 6.07) is 1.75. The Hall–Kier alpha value is -1.68. The van der Waals surface area contributed by atoms with E-state index in [9.17, 15) is 17.6 Å². The summed E-state index contributed by atoms with van der Waals surface area (Å²) >= 11 is 0. The Bertz CT molecular complexity index is 691. The molecule has 0 N–H and O–H groups in total. The average molecular weight is 448 g/mol. The lowest BCUT2D eigenvalue weighted by atomic mass is 10.0. The lowest BCUT2D eigenvalue weighted by Gasteiger charge is -2.32. The molecule has 1 aromatic carbocycles. The van der Waals surface area contributed by atoms with Crippen molar-refractivity contribution in [3.8, 4) is 5.75 Å². The molecule has 2 fully saturated rings. The molecule has 0 saturated carbocycles. The molecule has 3 rings (SSSR count). The largest absolute Gasteiger partial charge is 0.429 e. The van der Waals surface area contributed by atoms with Crippen LogP contribution >= 0.6 is 0 Å². The van der Waals surface area contributed by atoms with Crippen LogP contribution in [0, 0.1) is 23.5 Å². The van der Waals surface area contributed by atoms with Gasteiger partial charge in [0, 0.05) is 17.4 Å². The highest BCUT2D eigenvalue weighted by molar-refractivity contribution is 5.32. The van der Waals surface area contributed by atoms with Crippen LogP contribution in [0.3, 0.4) is 0 Å². The van der Waals surface area contributed by atoms with Gasteiger partial charge in [-0.2, -0.15) is 8.78 Å². The zero-order valence-corrected chi connectivity index (χ0v) is 17.4. The summed E-state index contributed by atoms with van der Waals surface area (Å²) in [6.45, 7) is 0.738. The number of allylic oxidation sites excluding steroid dienone is 1. The maximum absolute atomic E-state index is 13.9. The number of benzene rings is 1. The van der Waals surface area contributed by atoms with E-state index in [4.69, 9.17) is 18.9 Å². The molecule has 0 atom stereocenters. The second-order valence-electron chi connectivity index (χ2n) is 7.71. The molecular weight excluding hydrogens is 420 g/mol. The summed E-state index contributed by atoms with van der Waals surface area (Å²) in [5.74, 6) is -3.23. The lowest BCUT2D eigenvalue weighted by Crippen LogP contribution is -2.33. The predicted molar refractivity (Wildman–Crippen MR) is 104 cm³/mol. The Morgan fingerprint density at radius 2 is 1.65 bits per heavy atom. The number of rotatable bonds is 9. The van der Waals surface area contributed by atoms with Gasteiger partial charge in [0.15, 0.2) is 30.0 Å². The minimum atomic E-state index is -3.32. The van der Waals surface area contributed by atoms with Crippen LogP contribution in [0.2, 0.25) is 0 Å².